The predicted octanol–water partition coefficient (Wildman–Crippen LogP) is -0.104. The molecule has 10 heteroatoms. The summed E-state index contributed by atoms with van der Waals surface area (Å²) in [6.07, 6.45) is 1.84. The van der Waals surface area contributed by atoms with Gasteiger partial charge in [-0.1, -0.05) is 6.07 Å². The number of piperazine rings is 1. The summed E-state index contributed by atoms with van der Waals surface area (Å²) in [5.74, 6) is -0.0787. The van der Waals surface area contributed by atoms with Crippen molar-refractivity contribution >= 4 is 21.7 Å². The Bertz CT molecular complexity index is 738. The van der Waals surface area contributed by atoms with E-state index in [1.54, 1.807) is 6.20 Å². The van der Waals surface area contributed by atoms with Crippen molar-refractivity contribution in [2.45, 2.75) is 24.5 Å². The minimum atomic E-state index is -3.94. The Morgan fingerprint density at radius 2 is 1.88 bits per heavy atom. The van der Waals surface area contributed by atoms with Gasteiger partial charge in [-0.15, -0.1) is 0 Å². The summed E-state index contributed by atoms with van der Waals surface area (Å²) >= 11 is 0. The first kappa shape index (κ1) is 19.0. The minimum Gasteiger partial charge on any atom is -0.381 e. The number of nitrogens with one attached hydrogen (secondary N) is 1. The molecule has 3 heterocycles. The highest BCUT2D eigenvalue weighted by molar-refractivity contribution is 7.91. The molecule has 0 aromatic carbocycles. The van der Waals surface area contributed by atoms with Gasteiger partial charge in [-0.25, -0.2) is 18.9 Å². The summed E-state index contributed by atoms with van der Waals surface area (Å²) in [5, 5.41) is 9.09. The van der Waals surface area contributed by atoms with Crippen LogP contribution < -0.4 is 10.4 Å². The number of hydrogen-bond donors (Lipinski definition) is 2. The fraction of sp³-hybridized carbons (Fsp3) is 0.625. The number of nitrogens with zero attached hydrogens (tertiary/aromatic N) is 3. The van der Waals surface area contributed by atoms with Crippen LogP contribution in [0.25, 0.3) is 0 Å². The Morgan fingerprint density at radius 3 is 2.42 bits per heavy atom. The van der Waals surface area contributed by atoms with Crippen molar-refractivity contribution in [3.8, 4) is 0 Å². The van der Waals surface area contributed by atoms with Gasteiger partial charge >= 0.3 is 0 Å². The van der Waals surface area contributed by atoms with Crippen molar-refractivity contribution in [3.05, 3.63) is 23.9 Å². The molecule has 2 aliphatic rings. The van der Waals surface area contributed by atoms with E-state index < -0.39 is 20.7 Å². The number of hydroxylamine groups is 1. The van der Waals surface area contributed by atoms with Gasteiger partial charge in [0.05, 0.1) is 0 Å². The van der Waals surface area contributed by atoms with Gasteiger partial charge in [-0.2, -0.15) is 4.31 Å². The molecule has 144 valence electrons. The molecule has 0 saturated carbocycles. The largest absolute Gasteiger partial charge is 0.381 e. The fourth-order valence-corrected chi connectivity index (χ4v) is 5.56. The summed E-state index contributed by atoms with van der Waals surface area (Å²) in [7, 11) is -3.94. The normalized spacial score (nSPS) is 21.4. The molecule has 0 spiro atoms. The number of aryl methyl sites for hydroxylation is 1. The Balaban J connectivity index is 1.76. The Hall–Kier alpha value is -1.75. The summed E-state index contributed by atoms with van der Waals surface area (Å²) in [6, 6.07) is 3.88. The van der Waals surface area contributed by atoms with Crippen molar-refractivity contribution in [2.75, 3.05) is 44.3 Å². The monoisotopic (exact) mass is 384 g/mol. The third-order valence-corrected chi connectivity index (χ3v) is 7.73. The van der Waals surface area contributed by atoms with Crippen LogP contribution in [0.1, 0.15) is 18.4 Å². The van der Waals surface area contributed by atoms with Gasteiger partial charge in [0.15, 0.2) is 4.75 Å². The van der Waals surface area contributed by atoms with E-state index in [-0.39, 0.29) is 39.1 Å². The lowest BCUT2D eigenvalue weighted by Gasteiger charge is -2.41. The van der Waals surface area contributed by atoms with Crippen LogP contribution in [0.2, 0.25) is 0 Å². The molecule has 2 saturated heterocycles. The molecular formula is C16H24N4O5S. The van der Waals surface area contributed by atoms with Gasteiger partial charge < -0.3 is 9.64 Å². The molecule has 0 aliphatic carbocycles. The second-order valence-electron chi connectivity index (χ2n) is 6.63. The van der Waals surface area contributed by atoms with E-state index >= 15 is 0 Å². The maximum Gasteiger partial charge on any atom is 0.266 e. The van der Waals surface area contributed by atoms with Crippen molar-refractivity contribution in [1.29, 1.82) is 0 Å². The van der Waals surface area contributed by atoms with Crippen LogP contribution in [0.3, 0.4) is 0 Å². The van der Waals surface area contributed by atoms with Gasteiger partial charge in [0.1, 0.15) is 5.82 Å². The van der Waals surface area contributed by atoms with E-state index in [1.165, 1.54) is 9.79 Å². The molecule has 1 aromatic heterocycles. The highest BCUT2D eigenvalue weighted by Crippen LogP contribution is 2.33. The number of carbonyl (C=O) groups excluding carboxylic acids is 1. The SMILES string of the molecule is Cc1ccc(N2CCN(S(=O)(=O)C3(C(=O)NO)CCOCC3)CC2)nc1. The number of sulfonamides is 1. The number of anilines is 1. The number of ether oxygens (including phenoxy) is 1. The van der Waals surface area contributed by atoms with Crippen LogP contribution >= 0.6 is 0 Å². The second kappa shape index (κ2) is 7.47. The maximum atomic E-state index is 13.2. The standard InChI is InChI=1S/C16H24N4O5S/c1-13-2-3-14(17-12-13)19-6-8-20(9-7-19)26(23,24)16(15(21)18-22)4-10-25-11-5-16/h2-3,12,22H,4-11H2,1H3,(H,18,21). The Morgan fingerprint density at radius 1 is 1.23 bits per heavy atom. The number of rotatable bonds is 4. The first-order valence-electron chi connectivity index (χ1n) is 8.60. The fourth-order valence-electron chi connectivity index (χ4n) is 3.46. The molecule has 3 rings (SSSR count). The lowest BCUT2D eigenvalue weighted by Crippen LogP contribution is -2.62. The van der Waals surface area contributed by atoms with Crippen LogP contribution in [0, 0.1) is 6.92 Å². The molecule has 2 fully saturated rings. The van der Waals surface area contributed by atoms with Gasteiger partial charge in [0.2, 0.25) is 10.0 Å². The van der Waals surface area contributed by atoms with Crippen molar-refractivity contribution < 1.29 is 23.2 Å². The van der Waals surface area contributed by atoms with Crippen molar-refractivity contribution in [3.63, 3.8) is 0 Å². The zero-order valence-electron chi connectivity index (χ0n) is 14.7. The first-order valence-corrected chi connectivity index (χ1v) is 10.0. The zero-order chi connectivity index (χ0) is 18.8. The van der Waals surface area contributed by atoms with E-state index in [1.807, 2.05) is 24.0 Å². The molecule has 2 N–H and O–H groups in total. The Kier molecular flexibility index (Phi) is 5.47. The molecule has 0 unspecified atom stereocenters. The van der Waals surface area contributed by atoms with Crippen LogP contribution in [0.5, 0.6) is 0 Å². The summed E-state index contributed by atoms with van der Waals surface area (Å²) in [5.41, 5.74) is 2.60. The summed E-state index contributed by atoms with van der Waals surface area (Å²) in [6.45, 7) is 3.80. The van der Waals surface area contributed by atoms with Gasteiger partial charge in [0.25, 0.3) is 5.91 Å². The first-order chi connectivity index (χ1) is 12.4. The highest BCUT2D eigenvalue weighted by atomic mass is 32.2. The van der Waals surface area contributed by atoms with E-state index in [0.717, 1.165) is 11.4 Å². The quantitative estimate of drug-likeness (QED) is 0.550. The molecule has 1 aromatic rings. The maximum absolute atomic E-state index is 13.2. The van der Waals surface area contributed by atoms with E-state index in [0.29, 0.717) is 13.1 Å². The van der Waals surface area contributed by atoms with Crippen molar-refractivity contribution in [2.24, 2.45) is 0 Å². The van der Waals surface area contributed by atoms with Crippen molar-refractivity contribution in [1.82, 2.24) is 14.8 Å². The lowest BCUT2D eigenvalue weighted by molar-refractivity contribution is -0.134. The third kappa shape index (κ3) is 3.29. The molecule has 9 nitrogen and oxygen atoms in total. The summed E-state index contributed by atoms with van der Waals surface area (Å²) < 4.78 is 31.3. The Labute approximate surface area is 153 Å². The van der Waals surface area contributed by atoms with Crippen LogP contribution in [0.4, 0.5) is 5.82 Å². The average Bonchev–Trinajstić information content (AvgIpc) is 2.68. The molecule has 0 radical (unpaired) electrons. The van der Waals surface area contributed by atoms with E-state index in [2.05, 4.69) is 4.98 Å². The number of hydrogen-bond acceptors (Lipinski definition) is 7. The van der Waals surface area contributed by atoms with Crippen LogP contribution in [-0.2, 0) is 19.6 Å². The molecule has 0 bridgehead atoms. The van der Waals surface area contributed by atoms with E-state index in [9.17, 15) is 13.2 Å². The molecule has 1 amide bonds. The smallest absolute Gasteiger partial charge is 0.266 e. The van der Waals surface area contributed by atoms with Gasteiger partial charge in [-0.3, -0.25) is 10.0 Å². The van der Waals surface area contributed by atoms with Gasteiger partial charge in [0, 0.05) is 58.4 Å². The lowest BCUT2D eigenvalue weighted by atomic mass is 9.98. The number of amides is 1. The minimum absolute atomic E-state index is 0.0292. The third-order valence-electron chi connectivity index (χ3n) is 5.11. The second-order valence-corrected chi connectivity index (χ2v) is 8.88. The summed E-state index contributed by atoms with van der Waals surface area (Å²) in [4.78, 5) is 18.7. The number of carbonyl (C=O) groups is 1. The molecule has 26 heavy (non-hydrogen) atoms. The zero-order valence-corrected chi connectivity index (χ0v) is 15.5. The average molecular weight is 384 g/mol. The number of aromatic nitrogens is 1. The van der Waals surface area contributed by atoms with E-state index in [4.69, 9.17) is 9.94 Å². The predicted molar refractivity (Wildman–Crippen MR) is 94.4 cm³/mol. The van der Waals surface area contributed by atoms with Crippen LogP contribution in [0.15, 0.2) is 18.3 Å². The van der Waals surface area contributed by atoms with Gasteiger partial charge in [-0.05, 0) is 18.6 Å². The highest BCUT2D eigenvalue weighted by Gasteiger charge is 2.54. The topological polar surface area (TPSA) is 112 Å². The molecule has 0 atom stereocenters. The molecule has 2 aliphatic heterocycles. The van der Waals surface area contributed by atoms with Crippen LogP contribution in [-0.4, -0.2) is 73.0 Å². The molecular weight excluding hydrogens is 360 g/mol. The number of pyridine rings is 1.